The average molecular weight is 324 g/mol. The molecule has 1 aliphatic carbocycles. The fourth-order valence-corrected chi connectivity index (χ4v) is 2.69. The lowest BCUT2D eigenvalue weighted by Gasteiger charge is -2.09. The SMILES string of the molecule is Cc1ccccc1-c1nc(Cl)c(Br)c(C2CC2)n1. The maximum Gasteiger partial charge on any atom is 0.161 e. The van der Waals surface area contributed by atoms with E-state index < -0.39 is 0 Å². The van der Waals surface area contributed by atoms with Gasteiger partial charge in [-0.2, -0.15) is 0 Å². The van der Waals surface area contributed by atoms with E-state index in [1.165, 1.54) is 12.8 Å². The van der Waals surface area contributed by atoms with Crippen LogP contribution in [0.3, 0.4) is 0 Å². The van der Waals surface area contributed by atoms with Gasteiger partial charge in [-0.15, -0.1) is 0 Å². The van der Waals surface area contributed by atoms with E-state index in [1.807, 2.05) is 18.2 Å². The predicted octanol–water partition coefficient (Wildman–Crippen LogP) is 4.75. The summed E-state index contributed by atoms with van der Waals surface area (Å²) in [5.41, 5.74) is 3.26. The van der Waals surface area contributed by atoms with Crippen molar-refractivity contribution in [2.75, 3.05) is 0 Å². The van der Waals surface area contributed by atoms with E-state index in [0.717, 1.165) is 27.1 Å². The molecule has 18 heavy (non-hydrogen) atoms. The van der Waals surface area contributed by atoms with E-state index in [9.17, 15) is 0 Å². The second kappa shape index (κ2) is 4.63. The van der Waals surface area contributed by atoms with Gasteiger partial charge in [0, 0.05) is 11.5 Å². The molecular formula is C14H12BrClN2. The largest absolute Gasteiger partial charge is 0.231 e. The maximum absolute atomic E-state index is 6.20. The highest BCUT2D eigenvalue weighted by Crippen LogP contribution is 2.44. The smallest absolute Gasteiger partial charge is 0.161 e. The van der Waals surface area contributed by atoms with Crippen molar-refractivity contribution in [3.8, 4) is 11.4 Å². The Morgan fingerprint density at radius 1 is 1.22 bits per heavy atom. The highest BCUT2D eigenvalue weighted by molar-refractivity contribution is 9.10. The van der Waals surface area contributed by atoms with Crippen LogP contribution in [0, 0.1) is 6.92 Å². The molecule has 0 radical (unpaired) electrons. The maximum atomic E-state index is 6.20. The molecule has 3 rings (SSSR count). The van der Waals surface area contributed by atoms with Crippen LogP contribution in [0.4, 0.5) is 0 Å². The number of aromatic nitrogens is 2. The third-order valence-corrected chi connectivity index (χ3v) is 4.47. The molecule has 0 spiro atoms. The molecule has 92 valence electrons. The van der Waals surface area contributed by atoms with E-state index in [1.54, 1.807) is 0 Å². The van der Waals surface area contributed by atoms with Crippen LogP contribution in [0.5, 0.6) is 0 Å². The van der Waals surface area contributed by atoms with Crippen LogP contribution in [0.2, 0.25) is 5.15 Å². The van der Waals surface area contributed by atoms with Gasteiger partial charge in [0.25, 0.3) is 0 Å². The Balaban J connectivity index is 2.16. The minimum atomic E-state index is 0.505. The van der Waals surface area contributed by atoms with Crippen LogP contribution in [-0.4, -0.2) is 9.97 Å². The molecule has 0 saturated heterocycles. The minimum absolute atomic E-state index is 0.505. The number of hydrogen-bond donors (Lipinski definition) is 0. The molecule has 1 aromatic heterocycles. The number of halogens is 2. The summed E-state index contributed by atoms with van der Waals surface area (Å²) in [5.74, 6) is 1.27. The van der Waals surface area contributed by atoms with E-state index in [4.69, 9.17) is 11.6 Å². The zero-order valence-corrected chi connectivity index (χ0v) is 12.3. The van der Waals surface area contributed by atoms with Crippen molar-refractivity contribution < 1.29 is 0 Å². The zero-order chi connectivity index (χ0) is 12.7. The van der Waals surface area contributed by atoms with E-state index >= 15 is 0 Å². The fraction of sp³-hybridized carbons (Fsp3) is 0.286. The minimum Gasteiger partial charge on any atom is -0.231 e. The molecule has 0 N–H and O–H groups in total. The number of nitrogens with zero attached hydrogens (tertiary/aromatic N) is 2. The fourth-order valence-electron chi connectivity index (χ4n) is 2.01. The van der Waals surface area contributed by atoms with E-state index in [2.05, 4.69) is 38.9 Å². The molecule has 1 saturated carbocycles. The second-order valence-corrected chi connectivity index (χ2v) is 5.78. The van der Waals surface area contributed by atoms with Crippen LogP contribution in [0.15, 0.2) is 28.7 Å². The van der Waals surface area contributed by atoms with Gasteiger partial charge in [0.15, 0.2) is 5.82 Å². The molecule has 0 amide bonds. The first-order chi connectivity index (χ1) is 8.66. The lowest BCUT2D eigenvalue weighted by Crippen LogP contribution is -1.98. The van der Waals surface area contributed by atoms with E-state index in [0.29, 0.717) is 11.1 Å². The highest BCUT2D eigenvalue weighted by atomic mass is 79.9. The number of benzene rings is 1. The van der Waals surface area contributed by atoms with Gasteiger partial charge in [0.2, 0.25) is 0 Å². The Kier molecular flexibility index (Phi) is 3.12. The standard InChI is InChI=1S/C14H12BrClN2/c1-8-4-2-3-5-10(8)14-17-12(9-6-7-9)11(15)13(16)18-14/h2-5,9H,6-7H2,1H3. The van der Waals surface area contributed by atoms with Crippen molar-refractivity contribution in [2.45, 2.75) is 25.7 Å². The number of hydrogen-bond acceptors (Lipinski definition) is 2. The molecule has 1 aromatic carbocycles. The lowest BCUT2D eigenvalue weighted by atomic mass is 10.1. The summed E-state index contributed by atoms with van der Waals surface area (Å²) in [5, 5.41) is 0.505. The van der Waals surface area contributed by atoms with Crippen LogP contribution in [-0.2, 0) is 0 Å². The van der Waals surface area contributed by atoms with Crippen molar-refractivity contribution in [3.63, 3.8) is 0 Å². The van der Waals surface area contributed by atoms with Gasteiger partial charge in [-0.05, 0) is 41.3 Å². The van der Waals surface area contributed by atoms with Crippen LogP contribution in [0.1, 0.15) is 30.0 Å². The molecule has 4 heteroatoms. The van der Waals surface area contributed by atoms with Gasteiger partial charge in [-0.25, -0.2) is 9.97 Å². The normalized spacial score (nSPS) is 14.8. The topological polar surface area (TPSA) is 25.8 Å². The summed E-state index contributed by atoms with van der Waals surface area (Å²) in [7, 11) is 0. The van der Waals surface area contributed by atoms with Crippen LogP contribution in [0.25, 0.3) is 11.4 Å². The number of rotatable bonds is 2. The Morgan fingerprint density at radius 2 is 1.94 bits per heavy atom. The van der Waals surface area contributed by atoms with Crippen molar-refractivity contribution in [1.29, 1.82) is 0 Å². The molecule has 1 aliphatic rings. The molecule has 1 fully saturated rings. The number of aryl methyl sites for hydroxylation is 1. The average Bonchev–Trinajstić information content (AvgIpc) is 3.17. The molecule has 0 atom stereocenters. The van der Waals surface area contributed by atoms with Gasteiger partial charge in [0.05, 0.1) is 10.2 Å². The Morgan fingerprint density at radius 3 is 2.61 bits per heavy atom. The van der Waals surface area contributed by atoms with Gasteiger partial charge >= 0.3 is 0 Å². The van der Waals surface area contributed by atoms with Gasteiger partial charge in [-0.3, -0.25) is 0 Å². The molecule has 0 bridgehead atoms. The predicted molar refractivity (Wildman–Crippen MR) is 76.9 cm³/mol. The monoisotopic (exact) mass is 322 g/mol. The molecule has 2 aromatic rings. The highest BCUT2D eigenvalue weighted by Gasteiger charge is 2.29. The summed E-state index contributed by atoms with van der Waals surface area (Å²) < 4.78 is 0.851. The van der Waals surface area contributed by atoms with Gasteiger partial charge < -0.3 is 0 Å². The molecular weight excluding hydrogens is 312 g/mol. The van der Waals surface area contributed by atoms with E-state index in [-0.39, 0.29) is 0 Å². The first-order valence-electron chi connectivity index (χ1n) is 5.95. The van der Waals surface area contributed by atoms with Gasteiger partial charge in [0.1, 0.15) is 5.15 Å². The summed E-state index contributed by atoms with van der Waals surface area (Å²) in [4.78, 5) is 9.07. The second-order valence-electron chi connectivity index (χ2n) is 4.63. The quantitative estimate of drug-likeness (QED) is 0.746. The van der Waals surface area contributed by atoms with Crippen molar-refractivity contribution in [1.82, 2.24) is 9.97 Å². The Labute approximate surface area is 120 Å². The Hall–Kier alpha value is -0.930. The summed E-state index contributed by atoms with van der Waals surface area (Å²) in [6, 6.07) is 8.11. The van der Waals surface area contributed by atoms with Crippen LogP contribution < -0.4 is 0 Å². The Bertz CT molecular complexity index is 609. The van der Waals surface area contributed by atoms with Crippen LogP contribution >= 0.6 is 27.5 Å². The molecule has 0 aliphatic heterocycles. The van der Waals surface area contributed by atoms with Crippen molar-refractivity contribution in [3.05, 3.63) is 45.1 Å². The summed E-state index contributed by atoms with van der Waals surface area (Å²) >= 11 is 9.68. The van der Waals surface area contributed by atoms with Gasteiger partial charge in [-0.1, -0.05) is 35.9 Å². The van der Waals surface area contributed by atoms with Crippen molar-refractivity contribution in [2.24, 2.45) is 0 Å². The first-order valence-corrected chi connectivity index (χ1v) is 7.13. The summed E-state index contributed by atoms with van der Waals surface area (Å²) in [6.07, 6.45) is 2.39. The first kappa shape index (κ1) is 12.1. The zero-order valence-electron chi connectivity index (χ0n) is 9.95. The third-order valence-electron chi connectivity index (χ3n) is 3.19. The van der Waals surface area contributed by atoms with Crippen molar-refractivity contribution >= 4 is 27.5 Å². The molecule has 1 heterocycles. The summed E-state index contributed by atoms with van der Waals surface area (Å²) in [6.45, 7) is 2.06. The third kappa shape index (κ3) is 2.17. The lowest BCUT2D eigenvalue weighted by molar-refractivity contribution is 0.978. The molecule has 2 nitrogen and oxygen atoms in total. The molecule has 0 unspecified atom stereocenters.